The first kappa shape index (κ1) is 12.4. The van der Waals surface area contributed by atoms with Crippen molar-refractivity contribution >= 4 is 0 Å². The van der Waals surface area contributed by atoms with Crippen LogP contribution in [0.4, 0.5) is 0 Å². The summed E-state index contributed by atoms with van der Waals surface area (Å²) in [6.45, 7) is 9.54. The van der Waals surface area contributed by atoms with Gasteiger partial charge in [0.25, 0.3) is 0 Å². The lowest BCUT2D eigenvalue weighted by Crippen LogP contribution is -2.58. The van der Waals surface area contributed by atoms with Crippen molar-refractivity contribution in [1.82, 2.24) is 10.2 Å². The molecule has 0 aromatic heterocycles. The highest BCUT2D eigenvalue weighted by Gasteiger charge is 2.32. The Balaban J connectivity index is 1.89. The van der Waals surface area contributed by atoms with Crippen molar-refractivity contribution in [2.45, 2.75) is 71.0 Å². The van der Waals surface area contributed by atoms with Crippen molar-refractivity contribution < 1.29 is 0 Å². The van der Waals surface area contributed by atoms with E-state index in [4.69, 9.17) is 0 Å². The van der Waals surface area contributed by atoms with Crippen LogP contribution in [0.2, 0.25) is 0 Å². The van der Waals surface area contributed by atoms with E-state index in [1.807, 2.05) is 0 Å². The number of hydrogen-bond acceptors (Lipinski definition) is 2. The Morgan fingerprint density at radius 2 is 2.00 bits per heavy atom. The van der Waals surface area contributed by atoms with Crippen LogP contribution in [0.1, 0.15) is 52.9 Å². The molecule has 0 aromatic carbocycles. The molecular formula is C14H28N2. The molecule has 2 aliphatic rings. The van der Waals surface area contributed by atoms with Crippen molar-refractivity contribution in [3.63, 3.8) is 0 Å². The summed E-state index contributed by atoms with van der Waals surface area (Å²) in [5.41, 5.74) is 0. The lowest BCUT2D eigenvalue weighted by molar-refractivity contribution is 0.0786. The lowest BCUT2D eigenvalue weighted by Gasteiger charge is -2.43. The molecule has 16 heavy (non-hydrogen) atoms. The Labute approximate surface area is 101 Å². The minimum absolute atomic E-state index is 0.726. The summed E-state index contributed by atoms with van der Waals surface area (Å²) >= 11 is 0. The smallest absolute Gasteiger partial charge is 0.0221 e. The van der Waals surface area contributed by atoms with Gasteiger partial charge in [-0.05, 0) is 32.1 Å². The maximum Gasteiger partial charge on any atom is 0.0221 e. The van der Waals surface area contributed by atoms with Gasteiger partial charge < -0.3 is 5.32 Å². The standard InChI is InChI=1S/C14H28N2/c1-4-13-10-16(14(5-2)9-15-13)11(3)8-12-6-7-12/h11-15H,4-10H2,1-3H3. The van der Waals surface area contributed by atoms with E-state index in [9.17, 15) is 0 Å². The van der Waals surface area contributed by atoms with Crippen LogP contribution in [0.25, 0.3) is 0 Å². The summed E-state index contributed by atoms with van der Waals surface area (Å²) in [6.07, 6.45) is 6.98. The minimum Gasteiger partial charge on any atom is -0.311 e. The first-order valence-electron chi connectivity index (χ1n) is 7.23. The summed E-state index contributed by atoms with van der Waals surface area (Å²) in [6, 6.07) is 2.30. The second kappa shape index (κ2) is 5.50. The normalized spacial score (nSPS) is 33.9. The second-order valence-corrected chi connectivity index (χ2v) is 5.80. The summed E-state index contributed by atoms with van der Waals surface area (Å²) in [4.78, 5) is 2.78. The molecule has 3 atom stereocenters. The number of hydrogen-bond donors (Lipinski definition) is 1. The van der Waals surface area contributed by atoms with Crippen molar-refractivity contribution in [2.24, 2.45) is 5.92 Å². The fourth-order valence-corrected chi connectivity index (χ4v) is 3.05. The third kappa shape index (κ3) is 2.98. The van der Waals surface area contributed by atoms with Crippen LogP contribution in [0.3, 0.4) is 0 Å². The lowest BCUT2D eigenvalue weighted by atomic mass is 10.0. The van der Waals surface area contributed by atoms with E-state index in [0.29, 0.717) is 0 Å². The third-order valence-electron chi connectivity index (χ3n) is 4.44. The molecule has 2 rings (SSSR count). The van der Waals surface area contributed by atoms with Crippen molar-refractivity contribution in [2.75, 3.05) is 13.1 Å². The number of piperazine rings is 1. The molecule has 0 bridgehead atoms. The van der Waals surface area contributed by atoms with Gasteiger partial charge in [-0.3, -0.25) is 4.90 Å². The number of nitrogens with one attached hydrogen (secondary N) is 1. The highest BCUT2D eigenvalue weighted by Crippen LogP contribution is 2.35. The van der Waals surface area contributed by atoms with Gasteiger partial charge in [-0.25, -0.2) is 0 Å². The fraction of sp³-hybridized carbons (Fsp3) is 1.00. The molecule has 0 amide bonds. The predicted octanol–water partition coefficient (Wildman–Crippen LogP) is 2.64. The zero-order valence-corrected chi connectivity index (χ0v) is 11.2. The molecule has 2 heteroatoms. The Hall–Kier alpha value is -0.0800. The average Bonchev–Trinajstić information content (AvgIpc) is 3.12. The first-order chi connectivity index (χ1) is 7.74. The maximum absolute atomic E-state index is 3.68. The molecule has 3 unspecified atom stereocenters. The third-order valence-corrected chi connectivity index (χ3v) is 4.44. The van der Waals surface area contributed by atoms with Gasteiger partial charge in [0, 0.05) is 31.2 Å². The topological polar surface area (TPSA) is 15.3 Å². The second-order valence-electron chi connectivity index (χ2n) is 5.80. The van der Waals surface area contributed by atoms with Gasteiger partial charge >= 0.3 is 0 Å². The average molecular weight is 224 g/mol. The number of rotatable bonds is 5. The summed E-state index contributed by atoms with van der Waals surface area (Å²) < 4.78 is 0. The van der Waals surface area contributed by atoms with Crippen LogP contribution in [0.15, 0.2) is 0 Å². The fourth-order valence-electron chi connectivity index (χ4n) is 3.05. The minimum atomic E-state index is 0.726. The highest BCUT2D eigenvalue weighted by molar-refractivity contribution is 4.89. The van der Waals surface area contributed by atoms with E-state index in [-0.39, 0.29) is 0 Å². The van der Waals surface area contributed by atoms with Crippen LogP contribution in [0, 0.1) is 5.92 Å². The Morgan fingerprint density at radius 3 is 2.56 bits per heavy atom. The predicted molar refractivity (Wildman–Crippen MR) is 69.7 cm³/mol. The Bertz CT molecular complexity index is 213. The van der Waals surface area contributed by atoms with Crippen LogP contribution in [-0.4, -0.2) is 36.1 Å². The largest absolute Gasteiger partial charge is 0.311 e. The van der Waals surface area contributed by atoms with Crippen LogP contribution in [-0.2, 0) is 0 Å². The zero-order valence-electron chi connectivity index (χ0n) is 11.2. The van der Waals surface area contributed by atoms with Gasteiger partial charge in [0.2, 0.25) is 0 Å². The van der Waals surface area contributed by atoms with Crippen molar-refractivity contribution in [3.8, 4) is 0 Å². The van der Waals surface area contributed by atoms with Crippen LogP contribution < -0.4 is 5.32 Å². The van der Waals surface area contributed by atoms with E-state index in [1.54, 1.807) is 0 Å². The van der Waals surface area contributed by atoms with Crippen LogP contribution in [0.5, 0.6) is 0 Å². The van der Waals surface area contributed by atoms with E-state index in [0.717, 1.165) is 24.0 Å². The monoisotopic (exact) mass is 224 g/mol. The molecule has 1 saturated heterocycles. The SMILES string of the molecule is CCC1CN(C(C)CC2CC2)C(CC)CN1. The highest BCUT2D eigenvalue weighted by atomic mass is 15.2. The van der Waals surface area contributed by atoms with Gasteiger partial charge in [0.15, 0.2) is 0 Å². The molecule has 94 valence electrons. The molecule has 1 heterocycles. The summed E-state index contributed by atoms with van der Waals surface area (Å²) in [5, 5.41) is 3.68. The molecule has 2 nitrogen and oxygen atoms in total. The van der Waals surface area contributed by atoms with Crippen LogP contribution >= 0.6 is 0 Å². The van der Waals surface area contributed by atoms with Crippen molar-refractivity contribution in [1.29, 1.82) is 0 Å². The van der Waals surface area contributed by atoms with E-state index >= 15 is 0 Å². The Kier molecular flexibility index (Phi) is 4.26. The molecule has 1 aliphatic carbocycles. The Morgan fingerprint density at radius 1 is 1.25 bits per heavy atom. The van der Waals surface area contributed by atoms with Crippen molar-refractivity contribution in [3.05, 3.63) is 0 Å². The molecule has 1 aliphatic heterocycles. The summed E-state index contributed by atoms with van der Waals surface area (Å²) in [7, 11) is 0. The van der Waals surface area contributed by atoms with Gasteiger partial charge in [-0.15, -0.1) is 0 Å². The molecular weight excluding hydrogens is 196 g/mol. The zero-order chi connectivity index (χ0) is 11.5. The van der Waals surface area contributed by atoms with E-state index < -0.39 is 0 Å². The molecule has 1 saturated carbocycles. The quantitative estimate of drug-likeness (QED) is 0.772. The molecule has 0 aromatic rings. The number of nitrogens with zero attached hydrogens (tertiary/aromatic N) is 1. The molecule has 0 spiro atoms. The van der Waals surface area contributed by atoms with E-state index in [1.165, 1.54) is 45.2 Å². The van der Waals surface area contributed by atoms with Gasteiger partial charge in [-0.2, -0.15) is 0 Å². The molecule has 2 fully saturated rings. The maximum atomic E-state index is 3.68. The van der Waals surface area contributed by atoms with E-state index in [2.05, 4.69) is 31.0 Å². The van der Waals surface area contributed by atoms with Gasteiger partial charge in [0.1, 0.15) is 0 Å². The molecule has 1 N–H and O–H groups in total. The van der Waals surface area contributed by atoms with Gasteiger partial charge in [0.05, 0.1) is 0 Å². The summed E-state index contributed by atoms with van der Waals surface area (Å²) in [5.74, 6) is 1.06. The molecule has 0 radical (unpaired) electrons. The first-order valence-corrected chi connectivity index (χ1v) is 7.23. The van der Waals surface area contributed by atoms with Gasteiger partial charge in [-0.1, -0.05) is 26.7 Å².